The number of hydrazone groups is 1. The first-order valence-corrected chi connectivity index (χ1v) is 9.65. The molecule has 0 saturated heterocycles. The number of nitrogens with two attached hydrogens (primary N) is 1. The van der Waals surface area contributed by atoms with Crippen molar-refractivity contribution in [3.63, 3.8) is 0 Å². The summed E-state index contributed by atoms with van der Waals surface area (Å²) in [5.41, 5.74) is 10.5. The maximum absolute atomic E-state index is 11.2. The number of carbonyl (C=O) groups excluding carboxylic acids is 1. The van der Waals surface area contributed by atoms with Gasteiger partial charge in [0.25, 0.3) is 0 Å². The lowest BCUT2D eigenvalue weighted by molar-refractivity contribution is -0.138. The van der Waals surface area contributed by atoms with Crippen LogP contribution in [-0.4, -0.2) is 28.7 Å². The molecule has 1 heterocycles. The lowest BCUT2D eigenvalue weighted by Crippen LogP contribution is -2.32. The lowest BCUT2D eigenvalue weighted by atomic mass is 10.0. The topological polar surface area (TPSA) is 114 Å². The Morgan fingerprint density at radius 3 is 2.55 bits per heavy atom. The van der Waals surface area contributed by atoms with Crippen LogP contribution in [0.5, 0.6) is 11.5 Å². The van der Waals surface area contributed by atoms with Crippen LogP contribution < -0.4 is 15.9 Å². The van der Waals surface area contributed by atoms with E-state index in [4.69, 9.17) is 38.8 Å². The molecular weight excluding hydrogens is 417 g/mol. The number of hydrogen-bond acceptors (Lipinski definition) is 5. The van der Waals surface area contributed by atoms with Gasteiger partial charge in [0, 0.05) is 18.6 Å². The minimum Gasteiger partial charge on any atom is -0.480 e. The van der Waals surface area contributed by atoms with Crippen LogP contribution in [-0.2, 0) is 22.4 Å². The summed E-state index contributed by atoms with van der Waals surface area (Å²) in [6, 6.07) is 9.54. The maximum atomic E-state index is 11.2. The molecule has 4 N–H and O–H groups in total. The Morgan fingerprint density at radius 2 is 1.93 bits per heavy atom. The lowest BCUT2D eigenvalue weighted by Gasteiger charge is -2.14. The molecule has 9 heteroatoms. The van der Waals surface area contributed by atoms with Gasteiger partial charge in [-0.2, -0.15) is 5.10 Å². The van der Waals surface area contributed by atoms with Gasteiger partial charge in [-0.1, -0.05) is 35.3 Å². The zero-order valence-corrected chi connectivity index (χ0v) is 16.8. The number of hydrogen-bond donors (Lipinski definition) is 3. The second-order valence-corrected chi connectivity index (χ2v) is 7.49. The quantitative estimate of drug-likeness (QED) is 0.614. The van der Waals surface area contributed by atoms with E-state index < -0.39 is 12.0 Å². The molecule has 3 rings (SSSR count). The van der Waals surface area contributed by atoms with Gasteiger partial charge < -0.3 is 15.6 Å². The first kappa shape index (κ1) is 21.1. The summed E-state index contributed by atoms with van der Waals surface area (Å²) >= 11 is 12.6. The Morgan fingerprint density at radius 1 is 1.21 bits per heavy atom. The molecule has 1 aliphatic heterocycles. The number of rotatable bonds is 7. The molecule has 2 aromatic carbocycles. The monoisotopic (exact) mass is 435 g/mol. The second-order valence-electron chi connectivity index (χ2n) is 6.68. The average molecular weight is 436 g/mol. The molecule has 0 radical (unpaired) electrons. The number of nitrogens with zero attached hydrogens (tertiary/aromatic N) is 1. The van der Waals surface area contributed by atoms with Crippen LogP contribution in [0, 0.1) is 0 Å². The summed E-state index contributed by atoms with van der Waals surface area (Å²) in [7, 11) is 0. The summed E-state index contributed by atoms with van der Waals surface area (Å²) in [5, 5.41) is 13.5. The van der Waals surface area contributed by atoms with Crippen molar-refractivity contribution in [1.29, 1.82) is 0 Å². The number of carboxylic acid groups (broad SMARTS) is 1. The molecule has 1 amide bonds. The van der Waals surface area contributed by atoms with E-state index in [1.165, 1.54) is 0 Å². The zero-order valence-electron chi connectivity index (χ0n) is 15.3. The zero-order chi connectivity index (χ0) is 21.0. The summed E-state index contributed by atoms with van der Waals surface area (Å²) in [4.78, 5) is 22.1. The molecule has 29 heavy (non-hydrogen) atoms. The number of halogens is 2. The molecule has 0 fully saturated rings. The van der Waals surface area contributed by atoms with E-state index in [0.29, 0.717) is 30.6 Å². The van der Waals surface area contributed by atoms with Gasteiger partial charge >= 0.3 is 5.97 Å². The molecule has 0 spiro atoms. The molecule has 0 saturated carbocycles. The third kappa shape index (κ3) is 5.69. The van der Waals surface area contributed by atoms with E-state index in [-0.39, 0.29) is 28.1 Å². The predicted octanol–water partition coefficient (Wildman–Crippen LogP) is 3.55. The Labute approximate surface area is 177 Å². The van der Waals surface area contributed by atoms with Crippen molar-refractivity contribution in [2.24, 2.45) is 10.8 Å². The summed E-state index contributed by atoms with van der Waals surface area (Å²) in [6.07, 6.45) is 1.74. The molecule has 152 valence electrons. The first-order valence-electron chi connectivity index (χ1n) is 8.89. The van der Waals surface area contributed by atoms with Crippen molar-refractivity contribution in [2.75, 3.05) is 0 Å². The number of aliphatic carboxylic acids is 1. The first-order chi connectivity index (χ1) is 13.8. The number of ether oxygens (including phenoxy) is 1. The predicted molar refractivity (Wildman–Crippen MR) is 111 cm³/mol. The maximum Gasteiger partial charge on any atom is 0.320 e. The van der Waals surface area contributed by atoms with E-state index in [2.05, 4.69) is 10.5 Å². The normalized spacial score (nSPS) is 14.7. The molecule has 7 nitrogen and oxygen atoms in total. The average Bonchev–Trinajstić information content (AvgIpc) is 2.67. The van der Waals surface area contributed by atoms with Crippen LogP contribution >= 0.6 is 23.2 Å². The highest BCUT2D eigenvalue weighted by atomic mass is 35.5. The second kappa shape index (κ2) is 9.26. The third-order valence-electron chi connectivity index (χ3n) is 4.34. The van der Waals surface area contributed by atoms with E-state index >= 15 is 0 Å². The molecule has 2 aromatic rings. The Kier molecular flexibility index (Phi) is 6.74. The minimum atomic E-state index is -1.10. The van der Waals surface area contributed by atoms with E-state index in [1.54, 1.807) is 18.2 Å². The van der Waals surface area contributed by atoms with Gasteiger partial charge in [-0.15, -0.1) is 0 Å². The van der Waals surface area contributed by atoms with Crippen LogP contribution in [0.25, 0.3) is 0 Å². The molecule has 1 aliphatic rings. The van der Waals surface area contributed by atoms with Gasteiger partial charge in [0.2, 0.25) is 5.91 Å². The third-order valence-corrected chi connectivity index (χ3v) is 4.90. The highest BCUT2D eigenvalue weighted by Crippen LogP contribution is 2.38. The van der Waals surface area contributed by atoms with Crippen LogP contribution in [0.3, 0.4) is 0 Å². The Balaban J connectivity index is 1.74. The van der Waals surface area contributed by atoms with Crippen molar-refractivity contribution in [2.45, 2.75) is 31.7 Å². The number of amides is 1. The fourth-order valence-corrected chi connectivity index (χ4v) is 3.49. The smallest absolute Gasteiger partial charge is 0.320 e. The summed E-state index contributed by atoms with van der Waals surface area (Å²) in [5.74, 6) is -0.360. The number of nitrogens with one attached hydrogen (secondary N) is 1. The summed E-state index contributed by atoms with van der Waals surface area (Å²) in [6.45, 7) is 0. The van der Waals surface area contributed by atoms with E-state index in [1.807, 2.05) is 18.2 Å². The molecule has 0 aromatic heterocycles. The van der Waals surface area contributed by atoms with Crippen molar-refractivity contribution in [1.82, 2.24) is 5.43 Å². The molecule has 0 bridgehead atoms. The van der Waals surface area contributed by atoms with Gasteiger partial charge in [-0.3, -0.25) is 9.59 Å². The van der Waals surface area contributed by atoms with Crippen molar-refractivity contribution < 1.29 is 19.4 Å². The molecular formula is C20H19Cl2N3O4. The molecule has 1 atom stereocenters. The minimum absolute atomic E-state index is 0.0807. The largest absolute Gasteiger partial charge is 0.480 e. The van der Waals surface area contributed by atoms with Crippen molar-refractivity contribution in [3.05, 3.63) is 57.6 Å². The Hall–Kier alpha value is -2.61. The molecule has 0 aliphatic carbocycles. The number of benzene rings is 2. The van der Waals surface area contributed by atoms with E-state index in [0.717, 1.165) is 11.3 Å². The van der Waals surface area contributed by atoms with E-state index in [9.17, 15) is 9.59 Å². The Bertz CT molecular complexity index is 955. The van der Waals surface area contributed by atoms with Crippen molar-refractivity contribution in [3.8, 4) is 11.5 Å². The van der Waals surface area contributed by atoms with Gasteiger partial charge in [-0.25, -0.2) is 5.43 Å². The fraction of sp³-hybridized carbons (Fsp3) is 0.250. The van der Waals surface area contributed by atoms with Gasteiger partial charge in [-0.05, 0) is 48.2 Å². The van der Waals surface area contributed by atoms with Gasteiger partial charge in [0.15, 0.2) is 5.75 Å². The number of carboxylic acids is 1. The SMILES string of the molecule is NC(Cc1cc(Cl)c(Oc2cccc(CC3=NNC(=O)CC3)c2)c(Cl)c1)C(=O)O. The molecule has 1 unspecified atom stereocenters. The van der Waals surface area contributed by atoms with Crippen LogP contribution in [0.1, 0.15) is 24.0 Å². The van der Waals surface area contributed by atoms with Crippen molar-refractivity contribution >= 4 is 40.8 Å². The van der Waals surface area contributed by atoms with Gasteiger partial charge in [0.05, 0.1) is 10.0 Å². The standard InChI is InChI=1S/C20H19Cl2N3O4/c21-15-8-12(10-17(23)20(27)28)9-16(22)19(15)29-14-3-1-2-11(7-14)6-13-4-5-18(26)25-24-13/h1-3,7-9,17H,4-6,10,23H2,(H,25,26)(H,27,28). The highest BCUT2D eigenvalue weighted by Gasteiger charge is 2.17. The van der Waals surface area contributed by atoms with Crippen LogP contribution in [0.15, 0.2) is 41.5 Å². The highest BCUT2D eigenvalue weighted by molar-refractivity contribution is 6.37. The van der Waals surface area contributed by atoms with Crippen LogP contribution in [0.4, 0.5) is 0 Å². The van der Waals surface area contributed by atoms with Crippen LogP contribution in [0.2, 0.25) is 10.0 Å². The number of carbonyl (C=O) groups is 2. The summed E-state index contributed by atoms with van der Waals surface area (Å²) < 4.78 is 5.87. The van der Waals surface area contributed by atoms with Gasteiger partial charge in [0.1, 0.15) is 11.8 Å². The fourth-order valence-electron chi connectivity index (χ4n) is 2.88.